The Morgan fingerprint density at radius 1 is 1.50 bits per heavy atom. The molecule has 0 aliphatic heterocycles. The predicted octanol–water partition coefficient (Wildman–Crippen LogP) is 1.50. The maximum atomic E-state index is 12.1. The molecule has 0 heterocycles. The van der Waals surface area contributed by atoms with Crippen molar-refractivity contribution in [1.82, 2.24) is 0 Å². The standard InChI is InChI=1S/C7H12F3NO2.ClH/c1-13-6(12)4-5(2-3-11)7(8,9)10;/h5H,2-4,11H2,1H3;1H. The molecule has 0 aromatic rings. The summed E-state index contributed by atoms with van der Waals surface area (Å²) in [6, 6.07) is 0. The first-order valence-electron chi connectivity index (χ1n) is 3.75. The zero-order valence-corrected chi connectivity index (χ0v) is 8.45. The number of rotatable bonds is 4. The van der Waals surface area contributed by atoms with Crippen LogP contribution < -0.4 is 5.73 Å². The molecule has 0 radical (unpaired) electrons. The molecule has 0 bridgehead atoms. The van der Waals surface area contributed by atoms with Gasteiger partial charge in [-0.15, -0.1) is 12.4 Å². The van der Waals surface area contributed by atoms with Crippen molar-refractivity contribution >= 4 is 18.4 Å². The molecular formula is C7H13ClF3NO2. The molecule has 3 nitrogen and oxygen atoms in total. The molecule has 0 amide bonds. The first-order chi connectivity index (χ1) is 5.91. The number of ether oxygens (including phenoxy) is 1. The fourth-order valence-corrected chi connectivity index (χ4v) is 0.867. The van der Waals surface area contributed by atoms with Gasteiger partial charge in [-0.2, -0.15) is 13.2 Å². The van der Waals surface area contributed by atoms with Gasteiger partial charge in [0.25, 0.3) is 0 Å². The number of hydrogen-bond acceptors (Lipinski definition) is 3. The highest BCUT2D eigenvalue weighted by atomic mass is 35.5. The minimum atomic E-state index is -4.38. The van der Waals surface area contributed by atoms with Crippen LogP contribution in [0.4, 0.5) is 13.2 Å². The first kappa shape index (κ1) is 16.0. The van der Waals surface area contributed by atoms with Crippen LogP contribution in [0.3, 0.4) is 0 Å². The molecule has 14 heavy (non-hydrogen) atoms. The second kappa shape index (κ2) is 6.89. The maximum Gasteiger partial charge on any atom is 0.392 e. The van der Waals surface area contributed by atoms with Gasteiger partial charge in [0.15, 0.2) is 0 Å². The summed E-state index contributed by atoms with van der Waals surface area (Å²) in [7, 11) is 1.05. The van der Waals surface area contributed by atoms with Crippen LogP contribution in [0.25, 0.3) is 0 Å². The van der Waals surface area contributed by atoms with E-state index in [1.54, 1.807) is 0 Å². The Hall–Kier alpha value is -0.490. The van der Waals surface area contributed by atoms with E-state index in [0.717, 1.165) is 7.11 Å². The van der Waals surface area contributed by atoms with Crippen molar-refractivity contribution in [2.24, 2.45) is 11.7 Å². The number of nitrogens with two attached hydrogens (primary N) is 1. The van der Waals surface area contributed by atoms with E-state index in [1.807, 2.05) is 0 Å². The second-order valence-electron chi connectivity index (χ2n) is 2.60. The Balaban J connectivity index is 0. The summed E-state index contributed by atoms with van der Waals surface area (Å²) < 4.78 is 40.6. The monoisotopic (exact) mass is 235 g/mol. The lowest BCUT2D eigenvalue weighted by molar-refractivity contribution is -0.184. The van der Waals surface area contributed by atoms with Crippen molar-refractivity contribution in [3.05, 3.63) is 0 Å². The molecule has 0 aromatic heterocycles. The molecule has 0 saturated carbocycles. The van der Waals surface area contributed by atoms with E-state index < -0.39 is 24.5 Å². The van der Waals surface area contributed by atoms with E-state index >= 15 is 0 Å². The number of alkyl halides is 3. The van der Waals surface area contributed by atoms with Crippen molar-refractivity contribution in [2.45, 2.75) is 19.0 Å². The van der Waals surface area contributed by atoms with Crippen LogP contribution in [0.2, 0.25) is 0 Å². The van der Waals surface area contributed by atoms with E-state index in [4.69, 9.17) is 5.73 Å². The average molecular weight is 236 g/mol. The lowest BCUT2D eigenvalue weighted by Gasteiger charge is -2.17. The van der Waals surface area contributed by atoms with Gasteiger partial charge in [0.05, 0.1) is 19.4 Å². The summed E-state index contributed by atoms with van der Waals surface area (Å²) in [5.74, 6) is -2.55. The Morgan fingerprint density at radius 2 is 2.00 bits per heavy atom. The number of halogens is 4. The van der Waals surface area contributed by atoms with Crippen molar-refractivity contribution in [1.29, 1.82) is 0 Å². The van der Waals surface area contributed by atoms with Crippen LogP contribution in [-0.4, -0.2) is 25.8 Å². The van der Waals surface area contributed by atoms with E-state index in [9.17, 15) is 18.0 Å². The van der Waals surface area contributed by atoms with Gasteiger partial charge in [0.1, 0.15) is 0 Å². The Labute approximate surface area is 86.2 Å². The fraction of sp³-hybridized carbons (Fsp3) is 0.857. The highest BCUT2D eigenvalue weighted by molar-refractivity contribution is 5.85. The van der Waals surface area contributed by atoms with Gasteiger partial charge in [-0.1, -0.05) is 0 Å². The van der Waals surface area contributed by atoms with Crippen molar-refractivity contribution < 1.29 is 22.7 Å². The van der Waals surface area contributed by atoms with Crippen molar-refractivity contribution in [3.8, 4) is 0 Å². The van der Waals surface area contributed by atoms with Crippen molar-refractivity contribution in [3.63, 3.8) is 0 Å². The van der Waals surface area contributed by atoms with Crippen LogP contribution in [-0.2, 0) is 9.53 Å². The molecule has 0 aliphatic carbocycles. The number of methoxy groups -OCH3 is 1. The Bertz CT molecular complexity index is 175. The van der Waals surface area contributed by atoms with Gasteiger partial charge in [-0.25, -0.2) is 0 Å². The number of esters is 1. The summed E-state index contributed by atoms with van der Waals surface area (Å²) in [5.41, 5.74) is 4.99. The number of carbonyl (C=O) groups excluding carboxylic acids is 1. The summed E-state index contributed by atoms with van der Waals surface area (Å²) in [4.78, 5) is 10.6. The summed E-state index contributed by atoms with van der Waals surface area (Å²) in [5, 5.41) is 0. The first-order valence-corrected chi connectivity index (χ1v) is 3.75. The molecule has 0 rings (SSSR count). The van der Waals surface area contributed by atoms with Gasteiger partial charge in [-0.05, 0) is 13.0 Å². The minimum absolute atomic E-state index is 0. The van der Waals surface area contributed by atoms with E-state index in [2.05, 4.69) is 4.74 Å². The highest BCUT2D eigenvalue weighted by Crippen LogP contribution is 2.31. The molecule has 1 atom stereocenters. The molecule has 0 fully saturated rings. The molecule has 0 aliphatic rings. The van der Waals surface area contributed by atoms with E-state index in [0.29, 0.717) is 0 Å². The molecule has 0 saturated heterocycles. The predicted molar refractivity (Wildman–Crippen MR) is 47.1 cm³/mol. The third-order valence-corrected chi connectivity index (χ3v) is 1.62. The molecule has 2 N–H and O–H groups in total. The molecule has 0 aromatic carbocycles. The number of carbonyl (C=O) groups is 1. The topological polar surface area (TPSA) is 52.3 Å². The molecule has 0 spiro atoms. The van der Waals surface area contributed by atoms with E-state index in [1.165, 1.54) is 0 Å². The number of hydrogen-bond donors (Lipinski definition) is 1. The van der Waals surface area contributed by atoms with Gasteiger partial charge in [-0.3, -0.25) is 4.79 Å². The lowest BCUT2D eigenvalue weighted by atomic mass is 10.0. The third kappa shape index (κ3) is 6.04. The van der Waals surface area contributed by atoms with Gasteiger partial charge in [0.2, 0.25) is 0 Å². The zero-order valence-electron chi connectivity index (χ0n) is 7.63. The van der Waals surface area contributed by atoms with Crippen molar-refractivity contribution in [2.75, 3.05) is 13.7 Å². The zero-order chi connectivity index (χ0) is 10.5. The molecule has 1 unspecified atom stereocenters. The normalized spacial score (nSPS) is 12.9. The average Bonchev–Trinajstić information content (AvgIpc) is 2.01. The quantitative estimate of drug-likeness (QED) is 0.752. The summed E-state index contributed by atoms with van der Waals surface area (Å²) in [6.07, 6.45) is -5.29. The van der Waals surface area contributed by atoms with Gasteiger partial charge in [0, 0.05) is 0 Å². The largest absolute Gasteiger partial charge is 0.469 e. The molecule has 7 heteroatoms. The minimum Gasteiger partial charge on any atom is -0.469 e. The summed E-state index contributed by atoms with van der Waals surface area (Å²) in [6.45, 7) is -0.0961. The maximum absolute atomic E-state index is 12.1. The van der Waals surface area contributed by atoms with Crippen LogP contribution in [0.15, 0.2) is 0 Å². The highest BCUT2D eigenvalue weighted by Gasteiger charge is 2.40. The lowest BCUT2D eigenvalue weighted by Crippen LogP contribution is -2.28. The molecular weight excluding hydrogens is 223 g/mol. The SMILES string of the molecule is COC(=O)CC(CCN)C(F)(F)F.Cl. The fourth-order valence-electron chi connectivity index (χ4n) is 0.867. The van der Waals surface area contributed by atoms with Crippen LogP contribution >= 0.6 is 12.4 Å². The van der Waals surface area contributed by atoms with Gasteiger partial charge < -0.3 is 10.5 Å². The third-order valence-electron chi connectivity index (χ3n) is 1.62. The van der Waals surface area contributed by atoms with Crippen LogP contribution in [0.5, 0.6) is 0 Å². The van der Waals surface area contributed by atoms with E-state index in [-0.39, 0.29) is 25.4 Å². The second-order valence-corrected chi connectivity index (χ2v) is 2.60. The van der Waals surface area contributed by atoms with Crippen LogP contribution in [0.1, 0.15) is 12.8 Å². The van der Waals surface area contributed by atoms with Crippen LogP contribution in [0, 0.1) is 5.92 Å². The Kier molecular flexibility index (Phi) is 7.85. The van der Waals surface area contributed by atoms with Gasteiger partial charge >= 0.3 is 12.1 Å². The Morgan fingerprint density at radius 3 is 2.29 bits per heavy atom. The smallest absolute Gasteiger partial charge is 0.392 e. The molecule has 86 valence electrons. The summed E-state index contributed by atoms with van der Waals surface area (Å²) >= 11 is 0.